The van der Waals surface area contributed by atoms with Crippen molar-refractivity contribution in [3.05, 3.63) is 59.7 Å². The molecule has 1 aromatic carbocycles. The van der Waals surface area contributed by atoms with E-state index in [2.05, 4.69) is 15.5 Å². The predicted octanol–water partition coefficient (Wildman–Crippen LogP) is 3.94. The number of hydrogen-bond donors (Lipinski definition) is 2. The summed E-state index contributed by atoms with van der Waals surface area (Å²) in [5.41, 5.74) is 7.88. The Bertz CT molecular complexity index is 959. The third-order valence-electron chi connectivity index (χ3n) is 4.04. The Morgan fingerprint density at radius 2 is 1.89 bits per heavy atom. The molecule has 27 heavy (non-hydrogen) atoms. The van der Waals surface area contributed by atoms with Crippen molar-refractivity contribution in [2.24, 2.45) is 0 Å². The van der Waals surface area contributed by atoms with E-state index in [1.54, 1.807) is 42.5 Å². The number of nitrogens with two attached hydrogens (primary N) is 1. The number of rotatable bonds is 4. The number of carbonyl (C=O) groups is 1. The number of nitrogens with one attached hydrogen (secondary N) is 1. The van der Waals surface area contributed by atoms with Crippen molar-refractivity contribution in [1.82, 2.24) is 10.1 Å². The molecule has 0 bridgehead atoms. The molecule has 0 aliphatic heterocycles. The highest BCUT2D eigenvalue weighted by Gasteiger charge is 2.19. The average Bonchev–Trinajstić information content (AvgIpc) is 3.04. The standard InChI is InChI=1S/C20H21FN4O2/c1-20(2,3)15-11-18(27-25-15)24-17(26)10-12-4-6-13(7-5-12)14-8-9-16(22)23-19(14)21/h4-9,11H,10H2,1-3H3,(H2,22,23)(H,24,26). The van der Waals surface area contributed by atoms with E-state index in [0.29, 0.717) is 17.0 Å². The lowest BCUT2D eigenvalue weighted by molar-refractivity contribution is -0.115. The molecule has 2 aromatic heterocycles. The Labute approximate surface area is 156 Å². The van der Waals surface area contributed by atoms with Crippen LogP contribution in [-0.2, 0) is 16.6 Å². The van der Waals surface area contributed by atoms with Gasteiger partial charge in [-0.3, -0.25) is 10.1 Å². The molecule has 0 spiro atoms. The van der Waals surface area contributed by atoms with Crippen molar-refractivity contribution in [3.63, 3.8) is 0 Å². The van der Waals surface area contributed by atoms with Gasteiger partial charge in [-0.1, -0.05) is 50.2 Å². The largest absolute Gasteiger partial charge is 0.384 e. The van der Waals surface area contributed by atoms with E-state index in [1.807, 2.05) is 20.8 Å². The molecule has 0 aliphatic rings. The zero-order valence-corrected chi connectivity index (χ0v) is 15.4. The van der Waals surface area contributed by atoms with Gasteiger partial charge in [0, 0.05) is 17.0 Å². The van der Waals surface area contributed by atoms with E-state index in [0.717, 1.165) is 11.3 Å². The predicted molar refractivity (Wildman–Crippen MR) is 102 cm³/mol. The summed E-state index contributed by atoms with van der Waals surface area (Å²) in [6.45, 7) is 6.03. The van der Waals surface area contributed by atoms with E-state index in [4.69, 9.17) is 10.3 Å². The maximum atomic E-state index is 13.9. The monoisotopic (exact) mass is 368 g/mol. The molecule has 1 amide bonds. The number of halogens is 1. The lowest BCUT2D eigenvalue weighted by atomic mass is 9.92. The minimum Gasteiger partial charge on any atom is -0.384 e. The molecule has 0 atom stereocenters. The lowest BCUT2D eigenvalue weighted by Gasteiger charge is -2.12. The maximum Gasteiger partial charge on any atom is 0.231 e. The van der Waals surface area contributed by atoms with Crippen molar-refractivity contribution >= 4 is 17.6 Å². The van der Waals surface area contributed by atoms with Crippen molar-refractivity contribution in [2.75, 3.05) is 11.1 Å². The SMILES string of the molecule is CC(C)(C)c1cc(NC(=O)Cc2ccc(-c3ccc(N)nc3F)cc2)on1. The van der Waals surface area contributed by atoms with Crippen molar-refractivity contribution in [2.45, 2.75) is 32.6 Å². The number of aromatic nitrogens is 2. The first-order chi connectivity index (χ1) is 12.7. The number of carbonyl (C=O) groups excluding carboxylic acids is 1. The molecule has 7 heteroatoms. The summed E-state index contributed by atoms with van der Waals surface area (Å²) < 4.78 is 19.1. The minimum atomic E-state index is -0.625. The van der Waals surface area contributed by atoms with Crippen LogP contribution in [0.25, 0.3) is 11.1 Å². The number of pyridine rings is 1. The van der Waals surface area contributed by atoms with Gasteiger partial charge in [-0.2, -0.15) is 4.39 Å². The summed E-state index contributed by atoms with van der Waals surface area (Å²) in [5.74, 6) is -0.400. The topological polar surface area (TPSA) is 94.0 Å². The summed E-state index contributed by atoms with van der Waals surface area (Å²) in [6.07, 6.45) is 0.161. The normalized spacial score (nSPS) is 11.4. The van der Waals surface area contributed by atoms with Crippen LogP contribution < -0.4 is 11.1 Å². The number of amides is 1. The second kappa shape index (κ2) is 7.19. The summed E-state index contributed by atoms with van der Waals surface area (Å²) in [7, 11) is 0. The molecule has 6 nitrogen and oxygen atoms in total. The van der Waals surface area contributed by atoms with Gasteiger partial charge in [0.25, 0.3) is 0 Å². The fourth-order valence-electron chi connectivity index (χ4n) is 2.52. The van der Waals surface area contributed by atoms with Crippen molar-refractivity contribution in [1.29, 1.82) is 0 Å². The Morgan fingerprint density at radius 3 is 2.48 bits per heavy atom. The van der Waals surface area contributed by atoms with E-state index < -0.39 is 5.95 Å². The van der Waals surface area contributed by atoms with Gasteiger partial charge in [0.2, 0.25) is 17.7 Å². The highest BCUT2D eigenvalue weighted by atomic mass is 19.1. The Balaban J connectivity index is 1.66. The lowest BCUT2D eigenvalue weighted by Crippen LogP contribution is -2.14. The summed E-state index contributed by atoms with van der Waals surface area (Å²) >= 11 is 0. The first kappa shape index (κ1) is 18.6. The Kier molecular flexibility index (Phi) is 4.94. The van der Waals surface area contributed by atoms with Crippen LogP contribution in [0, 0.1) is 5.95 Å². The molecular weight excluding hydrogens is 347 g/mol. The van der Waals surface area contributed by atoms with Gasteiger partial charge in [0.15, 0.2) is 0 Å². The van der Waals surface area contributed by atoms with Gasteiger partial charge in [0.05, 0.1) is 12.1 Å². The molecule has 0 radical (unpaired) electrons. The zero-order chi connectivity index (χ0) is 19.6. The molecular formula is C20H21FN4O2. The Morgan fingerprint density at radius 1 is 1.19 bits per heavy atom. The quantitative estimate of drug-likeness (QED) is 0.680. The number of benzene rings is 1. The first-order valence-corrected chi connectivity index (χ1v) is 8.51. The van der Waals surface area contributed by atoms with E-state index in [9.17, 15) is 9.18 Å². The number of anilines is 2. The van der Waals surface area contributed by atoms with Gasteiger partial charge in [0.1, 0.15) is 5.82 Å². The highest BCUT2D eigenvalue weighted by molar-refractivity contribution is 5.91. The molecule has 3 rings (SSSR count). The van der Waals surface area contributed by atoms with Crippen LogP contribution in [0.15, 0.2) is 47.0 Å². The van der Waals surface area contributed by atoms with Gasteiger partial charge >= 0.3 is 0 Å². The summed E-state index contributed by atoms with van der Waals surface area (Å²) in [6, 6.07) is 11.9. The summed E-state index contributed by atoms with van der Waals surface area (Å²) in [5, 5.41) is 6.66. The van der Waals surface area contributed by atoms with Crippen LogP contribution >= 0.6 is 0 Å². The molecule has 2 heterocycles. The molecule has 0 aliphatic carbocycles. The molecule has 0 saturated carbocycles. The second-order valence-corrected chi connectivity index (χ2v) is 7.32. The van der Waals surface area contributed by atoms with Crippen LogP contribution in [0.5, 0.6) is 0 Å². The minimum absolute atomic E-state index is 0.131. The van der Waals surface area contributed by atoms with Crippen LogP contribution in [0.4, 0.5) is 16.1 Å². The fourth-order valence-corrected chi connectivity index (χ4v) is 2.52. The third kappa shape index (κ3) is 4.49. The number of nitrogen functional groups attached to an aromatic ring is 1. The molecule has 3 N–H and O–H groups in total. The van der Waals surface area contributed by atoms with E-state index >= 15 is 0 Å². The first-order valence-electron chi connectivity index (χ1n) is 8.51. The van der Waals surface area contributed by atoms with Gasteiger partial charge in [-0.15, -0.1) is 0 Å². The van der Waals surface area contributed by atoms with E-state index in [1.165, 1.54) is 0 Å². The van der Waals surface area contributed by atoms with Crippen LogP contribution in [-0.4, -0.2) is 16.0 Å². The van der Waals surface area contributed by atoms with Gasteiger partial charge in [-0.05, 0) is 23.3 Å². The molecule has 0 unspecified atom stereocenters. The number of nitrogens with zero attached hydrogens (tertiary/aromatic N) is 2. The zero-order valence-electron chi connectivity index (χ0n) is 15.4. The highest BCUT2D eigenvalue weighted by Crippen LogP contribution is 2.25. The van der Waals surface area contributed by atoms with Crippen molar-refractivity contribution < 1.29 is 13.7 Å². The number of hydrogen-bond acceptors (Lipinski definition) is 5. The molecule has 3 aromatic rings. The summed E-state index contributed by atoms with van der Waals surface area (Å²) in [4.78, 5) is 15.8. The smallest absolute Gasteiger partial charge is 0.231 e. The third-order valence-corrected chi connectivity index (χ3v) is 4.04. The molecule has 140 valence electrons. The van der Waals surface area contributed by atoms with Crippen LogP contribution in [0.2, 0.25) is 0 Å². The second-order valence-electron chi connectivity index (χ2n) is 7.32. The molecule has 0 saturated heterocycles. The van der Waals surface area contributed by atoms with Gasteiger partial charge in [-0.25, -0.2) is 4.98 Å². The van der Waals surface area contributed by atoms with Crippen LogP contribution in [0.3, 0.4) is 0 Å². The van der Waals surface area contributed by atoms with E-state index in [-0.39, 0.29) is 23.6 Å². The molecule has 0 fully saturated rings. The van der Waals surface area contributed by atoms with Crippen LogP contribution in [0.1, 0.15) is 32.0 Å². The Hall–Kier alpha value is -3.22. The maximum absolute atomic E-state index is 13.9. The fraction of sp³-hybridized carbons (Fsp3) is 0.250. The average molecular weight is 368 g/mol. The van der Waals surface area contributed by atoms with Crippen molar-refractivity contribution in [3.8, 4) is 11.1 Å². The van der Waals surface area contributed by atoms with Gasteiger partial charge < -0.3 is 10.3 Å².